The van der Waals surface area contributed by atoms with E-state index in [1.807, 2.05) is 0 Å². The van der Waals surface area contributed by atoms with Gasteiger partial charge in [-0.15, -0.1) is 0 Å². The maximum absolute atomic E-state index is 12.8. The number of aliphatic carboxylic acids is 1. The van der Waals surface area contributed by atoms with E-state index >= 15 is 0 Å². The Morgan fingerprint density at radius 3 is 2.80 bits per heavy atom. The molecule has 20 heavy (non-hydrogen) atoms. The van der Waals surface area contributed by atoms with Gasteiger partial charge in [-0.3, -0.25) is 9.48 Å². The van der Waals surface area contributed by atoms with Crippen LogP contribution in [0.2, 0.25) is 0 Å². The molecule has 0 fully saturated rings. The highest BCUT2D eigenvalue weighted by molar-refractivity contribution is 7.99. The van der Waals surface area contributed by atoms with Gasteiger partial charge in [0.05, 0.1) is 17.6 Å². The van der Waals surface area contributed by atoms with E-state index in [9.17, 15) is 13.6 Å². The van der Waals surface area contributed by atoms with Gasteiger partial charge < -0.3 is 5.11 Å². The van der Waals surface area contributed by atoms with Gasteiger partial charge in [0.15, 0.2) is 5.16 Å². The van der Waals surface area contributed by atoms with Crippen molar-refractivity contribution < 1.29 is 18.7 Å². The first-order chi connectivity index (χ1) is 9.45. The average molecular weight is 300 g/mol. The van der Waals surface area contributed by atoms with Crippen molar-refractivity contribution in [1.82, 2.24) is 19.7 Å². The van der Waals surface area contributed by atoms with Crippen LogP contribution in [0.15, 0.2) is 23.6 Å². The predicted octanol–water partition coefficient (Wildman–Crippen LogP) is 1.99. The number of nitrogens with zero attached hydrogens (tertiary/aromatic N) is 4. The number of alkyl halides is 2. The summed E-state index contributed by atoms with van der Waals surface area (Å²) in [7, 11) is 1.69. The van der Waals surface area contributed by atoms with Crippen molar-refractivity contribution >= 4 is 17.7 Å². The molecule has 1 N–H and O–H groups in total. The van der Waals surface area contributed by atoms with E-state index in [0.29, 0.717) is 5.56 Å². The van der Waals surface area contributed by atoms with Crippen LogP contribution in [-0.4, -0.2) is 36.6 Å². The molecule has 0 bridgehead atoms. The van der Waals surface area contributed by atoms with Crippen molar-refractivity contribution in [2.45, 2.75) is 11.6 Å². The fourth-order valence-corrected chi connectivity index (χ4v) is 2.03. The Morgan fingerprint density at radius 2 is 2.25 bits per heavy atom. The lowest BCUT2D eigenvalue weighted by molar-refractivity contribution is -0.133. The molecule has 106 valence electrons. The summed E-state index contributed by atoms with van der Waals surface area (Å²) in [6.07, 6.45) is 0.365. The van der Waals surface area contributed by atoms with E-state index in [-0.39, 0.29) is 16.6 Å². The van der Waals surface area contributed by atoms with Gasteiger partial charge in [-0.05, 0) is 6.07 Å². The van der Waals surface area contributed by atoms with Gasteiger partial charge in [0, 0.05) is 18.8 Å². The molecule has 2 rings (SSSR count). The predicted molar refractivity (Wildman–Crippen MR) is 67.6 cm³/mol. The Morgan fingerprint density at radius 1 is 1.50 bits per heavy atom. The van der Waals surface area contributed by atoms with E-state index in [2.05, 4.69) is 15.1 Å². The summed E-state index contributed by atoms with van der Waals surface area (Å²) in [6, 6.07) is 1.17. The van der Waals surface area contributed by atoms with Crippen LogP contribution in [0.3, 0.4) is 0 Å². The molecular weight excluding hydrogens is 290 g/mol. The number of rotatable bonds is 5. The average Bonchev–Trinajstić information content (AvgIpc) is 2.82. The second kappa shape index (κ2) is 5.95. The van der Waals surface area contributed by atoms with Gasteiger partial charge in [0.1, 0.15) is 5.69 Å². The first kappa shape index (κ1) is 14.4. The second-order valence-corrected chi connectivity index (χ2v) is 4.79. The van der Waals surface area contributed by atoms with Crippen LogP contribution >= 0.6 is 11.8 Å². The maximum Gasteiger partial charge on any atom is 0.313 e. The van der Waals surface area contributed by atoms with Gasteiger partial charge in [0.2, 0.25) is 0 Å². The molecule has 9 heteroatoms. The minimum absolute atomic E-state index is 0.00375. The highest BCUT2D eigenvalue weighted by Crippen LogP contribution is 2.25. The zero-order valence-corrected chi connectivity index (χ0v) is 11.1. The Labute approximate surface area is 116 Å². The summed E-state index contributed by atoms with van der Waals surface area (Å²) in [5.41, 5.74) is 0.414. The normalized spacial score (nSPS) is 11.0. The monoisotopic (exact) mass is 300 g/mol. The Balaban J connectivity index is 2.38. The van der Waals surface area contributed by atoms with Crippen LogP contribution in [0, 0.1) is 0 Å². The SMILES string of the molecule is Cn1cc(-c2cc(C(F)F)nc(SCC(=O)O)n2)cn1. The Bertz CT molecular complexity index is 633. The molecular formula is C11H10F2N4O2S. The van der Waals surface area contributed by atoms with Gasteiger partial charge in [-0.1, -0.05) is 11.8 Å². The van der Waals surface area contributed by atoms with Crippen LogP contribution < -0.4 is 0 Å². The Kier molecular flexibility index (Phi) is 4.28. The molecule has 0 aliphatic heterocycles. The highest BCUT2D eigenvalue weighted by atomic mass is 32.2. The number of carbonyl (C=O) groups is 1. The third kappa shape index (κ3) is 3.50. The molecule has 2 aromatic rings. The molecule has 2 aromatic heterocycles. The van der Waals surface area contributed by atoms with Crippen LogP contribution in [0.4, 0.5) is 8.78 Å². The molecule has 0 radical (unpaired) electrons. The van der Waals surface area contributed by atoms with Crippen LogP contribution in [-0.2, 0) is 11.8 Å². The summed E-state index contributed by atoms with van der Waals surface area (Å²) >= 11 is 0.793. The number of halogens is 2. The van der Waals surface area contributed by atoms with Crippen LogP contribution in [0.5, 0.6) is 0 Å². The summed E-state index contributed by atoms with van der Waals surface area (Å²) in [4.78, 5) is 18.2. The Hall–Kier alpha value is -2.03. The lowest BCUT2D eigenvalue weighted by Crippen LogP contribution is -2.02. The zero-order valence-electron chi connectivity index (χ0n) is 10.3. The number of hydrogen-bond acceptors (Lipinski definition) is 5. The standard InChI is InChI=1S/C11H10F2N4O2S/c1-17-4-6(3-14-17)7-2-8(10(12)13)16-11(15-7)20-5-9(18)19/h2-4,10H,5H2,1H3,(H,18,19). The van der Waals surface area contributed by atoms with Crippen molar-refractivity contribution in [3.8, 4) is 11.3 Å². The van der Waals surface area contributed by atoms with Crippen molar-refractivity contribution in [2.24, 2.45) is 7.05 Å². The molecule has 0 aliphatic carbocycles. The van der Waals surface area contributed by atoms with E-state index < -0.39 is 18.1 Å². The number of carboxylic acid groups (broad SMARTS) is 1. The van der Waals surface area contributed by atoms with Crippen LogP contribution in [0.1, 0.15) is 12.1 Å². The van der Waals surface area contributed by atoms with Crippen molar-refractivity contribution in [3.05, 3.63) is 24.2 Å². The second-order valence-electron chi connectivity index (χ2n) is 3.85. The zero-order chi connectivity index (χ0) is 14.7. The van der Waals surface area contributed by atoms with E-state index in [1.165, 1.54) is 16.9 Å². The topological polar surface area (TPSA) is 80.9 Å². The third-order valence-corrected chi connectivity index (χ3v) is 3.11. The van der Waals surface area contributed by atoms with Crippen molar-refractivity contribution in [2.75, 3.05) is 5.75 Å². The molecule has 0 amide bonds. The highest BCUT2D eigenvalue weighted by Gasteiger charge is 2.15. The molecule has 0 aromatic carbocycles. The molecule has 0 saturated heterocycles. The van der Waals surface area contributed by atoms with Gasteiger partial charge in [-0.2, -0.15) is 5.10 Å². The summed E-state index contributed by atoms with van der Waals surface area (Å²) in [5.74, 6) is -1.36. The molecule has 0 unspecified atom stereocenters. The molecule has 0 atom stereocenters. The molecule has 2 heterocycles. The number of hydrogen-bond donors (Lipinski definition) is 1. The number of thioether (sulfide) groups is 1. The van der Waals surface area contributed by atoms with Crippen LogP contribution in [0.25, 0.3) is 11.3 Å². The fourth-order valence-electron chi connectivity index (χ4n) is 1.45. The van der Waals surface area contributed by atoms with E-state index in [4.69, 9.17) is 5.11 Å². The molecule has 6 nitrogen and oxygen atoms in total. The van der Waals surface area contributed by atoms with E-state index in [0.717, 1.165) is 11.8 Å². The fraction of sp³-hybridized carbons (Fsp3) is 0.273. The smallest absolute Gasteiger partial charge is 0.313 e. The molecule has 0 aliphatic rings. The van der Waals surface area contributed by atoms with Gasteiger partial charge in [-0.25, -0.2) is 18.7 Å². The third-order valence-electron chi connectivity index (χ3n) is 2.27. The molecule has 0 saturated carbocycles. The molecule has 0 spiro atoms. The minimum atomic E-state index is -2.75. The van der Waals surface area contributed by atoms with Gasteiger partial charge >= 0.3 is 5.97 Å². The number of aryl methyl sites for hydroxylation is 1. The summed E-state index contributed by atoms with van der Waals surface area (Å²) in [6.45, 7) is 0. The quantitative estimate of drug-likeness (QED) is 0.672. The summed E-state index contributed by atoms with van der Waals surface area (Å²) < 4.78 is 27.1. The number of carboxylic acids is 1. The number of aromatic nitrogens is 4. The van der Waals surface area contributed by atoms with Gasteiger partial charge in [0.25, 0.3) is 6.43 Å². The largest absolute Gasteiger partial charge is 0.481 e. The van der Waals surface area contributed by atoms with Crippen molar-refractivity contribution in [3.63, 3.8) is 0 Å². The minimum Gasteiger partial charge on any atom is -0.481 e. The lowest BCUT2D eigenvalue weighted by Gasteiger charge is -2.05. The first-order valence-corrected chi connectivity index (χ1v) is 6.45. The maximum atomic E-state index is 12.8. The van der Waals surface area contributed by atoms with E-state index in [1.54, 1.807) is 13.2 Å². The lowest BCUT2D eigenvalue weighted by atomic mass is 10.2. The first-order valence-electron chi connectivity index (χ1n) is 5.46. The summed E-state index contributed by atoms with van der Waals surface area (Å²) in [5, 5.41) is 12.5. The van der Waals surface area contributed by atoms with Crippen molar-refractivity contribution in [1.29, 1.82) is 0 Å².